The van der Waals surface area contributed by atoms with E-state index >= 15 is 0 Å². The Balaban J connectivity index is 2.94. The first-order valence-corrected chi connectivity index (χ1v) is 7.26. The summed E-state index contributed by atoms with van der Waals surface area (Å²) in [5.41, 5.74) is 6.00. The average molecular weight is 269 g/mol. The third kappa shape index (κ3) is 3.82. The van der Waals surface area contributed by atoms with Crippen molar-refractivity contribution in [3.05, 3.63) is 29.8 Å². The lowest BCUT2D eigenvalue weighted by Gasteiger charge is -2.17. The van der Waals surface area contributed by atoms with Crippen LogP contribution < -0.4 is 10.5 Å². The van der Waals surface area contributed by atoms with Gasteiger partial charge in [-0.25, -0.2) is 13.1 Å². The lowest BCUT2D eigenvalue weighted by Crippen LogP contribution is -2.37. The molecule has 0 saturated carbocycles. The van der Waals surface area contributed by atoms with Gasteiger partial charge in [0, 0.05) is 12.5 Å². The zero-order valence-electron chi connectivity index (χ0n) is 10.6. The summed E-state index contributed by atoms with van der Waals surface area (Å²) in [5, 5.41) is 7.23. The molecule has 0 spiro atoms. The minimum Gasteiger partial charge on any atom is -0.388 e. The molecule has 0 radical (unpaired) electrons. The van der Waals surface area contributed by atoms with Crippen LogP contribution in [0.3, 0.4) is 0 Å². The number of nitrogens with one attached hydrogen (secondary N) is 2. The van der Waals surface area contributed by atoms with E-state index in [-0.39, 0.29) is 23.2 Å². The van der Waals surface area contributed by atoms with Crippen LogP contribution in [-0.2, 0) is 10.0 Å². The second-order valence-corrected chi connectivity index (χ2v) is 5.90. The van der Waals surface area contributed by atoms with Gasteiger partial charge in [-0.3, -0.25) is 5.41 Å². The van der Waals surface area contributed by atoms with Gasteiger partial charge in [-0.1, -0.05) is 25.1 Å². The van der Waals surface area contributed by atoms with Gasteiger partial charge in [0.25, 0.3) is 0 Å². The molecule has 5 nitrogen and oxygen atoms in total. The summed E-state index contributed by atoms with van der Waals surface area (Å²) in [4.78, 5) is 0.270. The van der Waals surface area contributed by atoms with Gasteiger partial charge < -0.3 is 5.73 Å². The van der Waals surface area contributed by atoms with Gasteiger partial charge in [-0.15, -0.1) is 0 Å². The van der Waals surface area contributed by atoms with Gasteiger partial charge in [0.2, 0.25) is 10.0 Å². The quantitative estimate of drug-likeness (QED) is 0.537. The van der Waals surface area contributed by atoms with Gasteiger partial charge >= 0.3 is 0 Å². The first-order chi connectivity index (χ1) is 8.36. The lowest BCUT2D eigenvalue weighted by molar-refractivity contribution is 0.544. The molecule has 0 aliphatic carbocycles. The van der Waals surface area contributed by atoms with Crippen LogP contribution in [0.5, 0.6) is 0 Å². The van der Waals surface area contributed by atoms with Gasteiger partial charge in [-0.05, 0) is 25.0 Å². The molecule has 1 atom stereocenters. The van der Waals surface area contributed by atoms with E-state index < -0.39 is 10.0 Å². The Morgan fingerprint density at radius 3 is 2.56 bits per heavy atom. The molecule has 0 aromatic heterocycles. The number of nitrogens with two attached hydrogens (primary N) is 1. The van der Waals surface area contributed by atoms with Crippen molar-refractivity contribution in [2.45, 2.75) is 37.6 Å². The second-order valence-electron chi connectivity index (χ2n) is 4.22. The highest BCUT2D eigenvalue weighted by Crippen LogP contribution is 2.15. The number of benzene rings is 1. The van der Waals surface area contributed by atoms with E-state index in [4.69, 9.17) is 11.1 Å². The SMILES string of the molecule is CCC(CC(=N)N)NS(=O)(=O)c1ccccc1C. The molecule has 100 valence electrons. The number of amidine groups is 1. The highest BCUT2D eigenvalue weighted by atomic mass is 32.2. The van der Waals surface area contributed by atoms with Crippen LogP contribution >= 0.6 is 0 Å². The van der Waals surface area contributed by atoms with Gasteiger partial charge in [0.1, 0.15) is 0 Å². The van der Waals surface area contributed by atoms with Gasteiger partial charge in [0.15, 0.2) is 0 Å². The van der Waals surface area contributed by atoms with Crippen molar-refractivity contribution in [2.24, 2.45) is 5.73 Å². The first-order valence-electron chi connectivity index (χ1n) is 5.77. The van der Waals surface area contributed by atoms with Crippen molar-refractivity contribution in [1.29, 1.82) is 5.41 Å². The Kier molecular flexibility index (Phi) is 4.86. The summed E-state index contributed by atoms with van der Waals surface area (Å²) in [6.07, 6.45) is 0.812. The molecular weight excluding hydrogens is 250 g/mol. The Morgan fingerprint density at radius 1 is 1.44 bits per heavy atom. The van der Waals surface area contributed by atoms with E-state index in [1.807, 2.05) is 6.92 Å². The number of aryl methyl sites for hydroxylation is 1. The molecule has 1 aromatic rings. The summed E-state index contributed by atoms with van der Waals surface area (Å²) in [7, 11) is -3.55. The smallest absolute Gasteiger partial charge is 0.241 e. The van der Waals surface area contributed by atoms with Crippen molar-refractivity contribution < 1.29 is 8.42 Å². The molecule has 0 amide bonds. The predicted molar refractivity (Wildman–Crippen MR) is 72.1 cm³/mol. The third-order valence-electron chi connectivity index (χ3n) is 2.66. The number of hydrogen-bond donors (Lipinski definition) is 3. The topological polar surface area (TPSA) is 96.0 Å². The maximum absolute atomic E-state index is 12.2. The maximum atomic E-state index is 12.2. The molecule has 4 N–H and O–H groups in total. The van der Waals surface area contributed by atoms with Crippen molar-refractivity contribution in [3.8, 4) is 0 Å². The van der Waals surface area contributed by atoms with E-state index in [9.17, 15) is 8.42 Å². The van der Waals surface area contributed by atoms with Crippen LogP contribution in [0.15, 0.2) is 29.2 Å². The largest absolute Gasteiger partial charge is 0.388 e. The maximum Gasteiger partial charge on any atom is 0.241 e. The van der Waals surface area contributed by atoms with E-state index in [1.165, 1.54) is 0 Å². The van der Waals surface area contributed by atoms with E-state index in [1.54, 1.807) is 31.2 Å². The molecule has 0 aliphatic rings. The summed E-state index contributed by atoms with van der Waals surface area (Å²) >= 11 is 0. The zero-order valence-corrected chi connectivity index (χ0v) is 11.4. The Hall–Kier alpha value is -1.40. The van der Waals surface area contributed by atoms with Crippen LogP contribution in [-0.4, -0.2) is 20.3 Å². The molecule has 0 heterocycles. The fourth-order valence-electron chi connectivity index (χ4n) is 1.68. The fraction of sp³-hybridized carbons (Fsp3) is 0.417. The summed E-state index contributed by atoms with van der Waals surface area (Å²) in [6, 6.07) is 6.46. The number of hydrogen-bond acceptors (Lipinski definition) is 3. The van der Waals surface area contributed by atoms with Crippen molar-refractivity contribution in [1.82, 2.24) is 4.72 Å². The van der Waals surface area contributed by atoms with Crippen molar-refractivity contribution >= 4 is 15.9 Å². The predicted octanol–water partition coefficient (Wildman–Crippen LogP) is 1.38. The average Bonchev–Trinajstić information content (AvgIpc) is 2.27. The van der Waals surface area contributed by atoms with Crippen LogP contribution in [0.4, 0.5) is 0 Å². The van der Waals surface area contributed by atoms with E-state index in [2.05, 4.69) is 4.72 Å². The lowest BCUT2D eigenvalue weighted by atomic mass is 10.1. The Bertz CT molecular complexity index is 526. The minimum absolute atomic E-state index is 0.0191. The molecule has 18 heavy (non-hydrogen) atoms. The Labute approximate surface area is 108 Å². The van der Waals surface area contributed by atoms with Crippen LogP contribution in [0, 0.1) is 12.3 Å². The van der Waals surface area contributed by atoms with E-state index in [0.29, 0.717) is 12.0 Å². The van der Waals surface area contributed by atoms with Gasteiger partial charge in [0.05, 0.1) is 10.7 Å². The zero-order chi connectivity index (χ0) is 13.8. The highest BCUT2D eigenvalue weighted by Gasteiger charge is 2.20. The summed E-state index contributed by atoms with van der Waals surface area (Å²) in [6.45, 7) is 3.61. The third-order valence-corrected chi connectivity index (χ3v) is 4.34. The second kappa shape index (κ2) is 5.97. The monoisotopic (exact) mass is 269 g/mol. The first kappa shape index (κ1) is 14.7. The minimum atomic E-state index is -3.55. The van der Waals surface area contributed by atoms with Crippen LogP contribution in [0.2, 0.25) is 0 Å². The molecular formula is C12H19N3O2S. The van der Waals surface area contributed by atoms with Gasteiger partial charge in [-0.2, -0.15) is 0 Å². The molecule has 0 bridgehead atoms. The molecule has 0 saturated heterocycles. The molecule has 1 aromatic carbocycles. The standard InChI is InChI=1S/C12H19N3O2S/c1-3-10(8-12(13)14)15-18(16,17)11-7-5-4-6-9(11)2/h4-7,10,15H,3,8H2,1-2H3,(H3,13,14). The summed E-state index contributed by atoms with van der Waals surface area (Å²) in [5.74, 6) is -0.0191. The molecule has 1 unspecified atom stereocenters. The molecule has 0 aliphatic heterocycles. The van der Waals surface area contributed by atoms with Crippen LogP contribution in [0.25, 0.3) is 0 Å². The van der Waals surface area contributed by atoms with E-state index in [0.717, 1.165) is 0 Å². The van der Waals surface area contributed by atoms with Crippen LogP contribution in [0.1, 0.15) is 25.3 Å². The highest BCUT2D eigenvalue weighted by molar-refractivity contribution is 7.89. The van der Waals surface area contributed by atoms with Crippen molar-refractivity contribution in [2.75, 3.05) is 0 Å². The number of rotatable bonds is 6. The van der Waals surface area contributed by atoms with Crippen molar-refractivity contribution in [3.63, 3.8) is 0 Å². The Morgan fingerprint density at radius 2 is 2.06 bits per heavy atom. The molecule has 6 heteroatoms. The summed E-state index contributed by atoms with van der Waals surface area (Å²) < 4.78 is 26.9. The normalized spacial score (nSPS) is 13.2. The molecule has 1 rings (SSSR count). The molecule has 0 fully saturated rings. The number of sulfonamides is 1. The fourth-order valence-corrected chi connectivity index (χ4v) is 3.24.